The summed E-state index contributed by atoms with van der Waals surface area (Å²) >= 11 is 1.63. The highest BCUT2D eigenvalue weighted by Crippen LogP contribution is 2.36. The molecule has 3 heterocycles. The molecule has 0 unspecified atom stereocenters. The number of aryl methyl sites for hydroxylation is 1. The Kier molecular flexibility index (Phi) is 4.71. The summed E-state index contributed by atoms with van der Waals surface area (Å²) in [6.45, 7) is 4.40. The minimum Gasteiger partial charge on any atom is -0.494 e. The largest absolute Gasteiger partial charge is 0.494 e. The fraction of sp³-hybridized carbons (Fsp3) is 0.333. The first-order chi connectivity index (χ1) is 13.5. The number of anilines is 2. The lowest BCUT2D eigenvalue weighted by atomic mass is 10.2. The maximum atomic E-state index is 13.9. The standard InChI is InChI=1S/C18H18FN5O3S/c1-11-7-12-17(20-10-21-18(12)28-11)23-5-3-22(4-6-23)14-9-16(27-2)13(19)8-15(14)24(25)26/h7-10H,3-6H2,1-2H3. The molecular weight excluding hydrogens is 385 g/mol. The highest BCUT2D eigenvalue weighted by atomic mass is 32.1. The van der Waals surface area contributed by atoms with E-state index in [1.807, 2.05) is 11.8 Å². The van der Waals surface area contributed by atoms with Gasteiger partial charge in [0.25, 0.3) is 5.69 Å². The number of rotatable bonds is 4. The van der Waals surface area contributed by atoms with Crippen LogP contribution in [-0.2, 0) is 0 Å². The second-order valence-corrected chi connectivity index (χ2v) is 7.71. The maximum Gasteiger partial charge on any atom is 0.295 e. The van der Waals surface area contributed by atoms with Crippen molar-refractivity contribution in [1.82, 2.24) is 9.97 Å². The van der Waals surface area contributed by atoms with Crippen LogP contribution in [0.15, 0.2) is 24.5 Å². The fourth-order valence-corrected chi connectivity index (χ4v) is 4.30. The number of nitro groups is 1. The van der Waals surface area contributed by atoms with E-state index in [0.717, 1.165) is 22.1 Å². The van der Waals surface area contributed by atoms with Gasteiger partial charge < -0.3 is 14.5 Å². The minimum absolute atomic E-state index is 0.00529. The van der Waals surface area contributed by atoms with Crippen LogP contribution in [-0.4, -0.2) is 48.2 Å². The molecule has 1 fully saturated rings. The van der Waals surface area contributed by atoms with E-state index >= 15 is 0 Å². The molecular formula is C18H18FN5O3S. The smallest absolute Gasteiger partial charge is 0.295 e. The zero-order valence-electron chi connectivity index (χ0n) is 15.4. The molecule has 1 aliphatic heterocycles. The van der Waals surface area contributed by atoms with Crippen LogP contribution in [0.1, 0.15) is 4.88 Å². The number of nitro benzene ring substituents is 1. The number of piperazine rings is 1. The predicted molar refractivity (Wildman–Crippen MR) is 106 cm³/mol. The van der Waals surface area contributed by atoms with Gasteiger partial charge in [0, 0.05) is 37.1 Å². The van der Waals surface area contributed by atoms with Crippen LogP contribution < -0.4 is 14.5 Å². The summed E-state index contributed by atoms with van der Waals surface area (Å²) < 4.78 is 18.9. The van der Waals surface area contributed by atoms with Crippen molar-refractivity contribution < 1.29 is 14.1 Å². The van der Waals surface area contributed by atoms with Crippen LogP contribution in [0.4, 0.5) is 21.6 Å². The van der Waals surface area contributed by atoms with Gasteiger partial charge in [-0.3, -0.25) is 10.1 Å². The Bertz CT molecular complexity index is 1050. The van der Waals surface area contributed by atoms with Crippen molar-refractivity contribution in [1.29, 1.82) is 0 Å². The Labute approximate surface area is 164 Å². The lowest BCUT2D eigenvalue weighted by Crippen LogP contribution is -2.47. The molecule has 10 heteroatoms. The fourth-order valence-electron chi connectivity index (χ4n) is 3.46. The highest BCUT2D eigenvalue weighted by Gasteiger charge is 2.27. The molecule has 0 bridgehead atoms. The molecule has 1 saturated heterocycles. The van der Waals surface area contributed by atoms with E-state index in [-0.39, 0.29) is 11.4 Å². The molecule has 0 aliphatic carbocycles. The second-order valence-electron chi connectivity index (χ2n) is 6.48. The summed E-state index contributed by atoms with van der Waals surface area (Å²) in [7, 11) is 1.34. The quantitative estimate of drug-likeness (QED) is 0.488. The summed E-state index contributed by atoms with van der Waals surface area (Å²) in [5.74, 6) is 0.127. The number of methoxy groups -OCH3 is 1. The monoisotopic (exact) mass is 403 g/mol. The van der Waals surface area contributed by atoms with E-state index < -0.39 is 10.7 Å². The van der Waals surface area contributed by atoms with Gasteiger partial charge in [0.2, 0.25) is 0 Å². The van der Waals surface area contributed by atoms with Crippen LogP contribution in [0.5, 0.6) is 5.75 Å². The summed E-state index contributed by atoms with van der Waals surface area (Å²) in [5, 5.41) is 12.4. The third-order valence-electron chi connectivity index (χ3n) is 4.80. The van der Waals surface area contributed by atoms with E-state index in [9.17, 15) is 14.5 Å². The number of hydrogen-bond acceptors (Lipinski definition) is 8. The van der Waals surface area contributed by atoms with Gasteiger partial charge in [-0.1, -0.05) is 0 Å². The zero-order chi connectivity index (χ0) is 19.8. The van der Waals surface area contributed by atoms with E-state index in [1.54, 1.807) is 17.7 Å². The third-order valence-corrected chi connectivity index (χ3v) is 5.76. The molecule has 0 amide bonds. The number of benzene rings is 1. The Morgan fingerprint density at radius 3 is 2.57 bits per heavy atom. The van der Waals surface area contributed by atoms with Crippen LogP contribution in [0.2, 0.25) is 0 Å². The summed E-state index contributed by atoms with van der Waals surface area (Å²) in [6.07, 6.45) is 1.57. The molecule has 0 saturated carbocycles. The van der Waals surface area contributed by atoms with Crippen molar-refractivity contribution in [2.45, 2.75) is 6.92 Å². The average Bonchev–Trinajstić information content (AvgIpc) is 3.08. The Balaban J connectivity index is 1.60. The van der Waals surface area contributed by atoms with Crippen molar-refractivity contribution in [3.63, 3.8) is 0 Å². The molecule has 2 aromatic heterocycles. The molecule has 3 aromatic rings. The van der Waals surface area contributed by atoms with Crippen LogP contribution >= 0.6 is 11.3 Å². The number of thiophene rings is 1. The molecule has 0 spiro atoms. The minimum atomic E-state index is -0.743. The first-order valence-electron chi connectivity index (χ1n) is 8.71. The number of hydrogen-bond donors (Lipinski definition) is 0. The lowest BCUT2D eigenvalue weighted by Gasteiger charge is -2.36. The first-order valence-corrected chi connectivity index (χ1v) is 9.52. The number of fused-ring (bicyclic) bond motifs is 1. The molecule has 1 aliphatic rings. The van der Waals surface area contributed by atoms with Gasteiger partial charge in [-0.25, -0.2) is 14.4 Å². The number of nitrogens with zero attached hydrogens (tertiary/aromatic N) is 5. The number of ether oxygens (including phenoxy) is 1. The van der Waals surface area contributed by atoms with Crippen molar-refractivity contribution >= 4 is 38.7 Å². The Hall–Kier alpha value is -3.01. The van der Waals surface area contributed by atoms with E-state index in [0.29, 0.717) is 31.9 Å². The van der Waals surface area contributed by atoms with Gasteiger partial charge in [0.05, 0.1) is 23.5 Å². The van der Waals surface area contributed by atoms with Gasteiger partial charge in [-0.05, 0) is 13.0 Å². The molecule has 146 valence electrons. The molecule has 0 radical (unpaired) electrons. The topological polar surface area (TPSA) is 84.6 Å². The number of halogens is 1. The third kappa shape index (κ3) is 3.19. The van der Waals surface area contributed by atoms with Gasteiger partial charge in [-0.15, -0.1) is 11.3 Å². The normalized spacial score (nSPS) is 14.5. The molecule has 0 atom stereocenters. The van der Waals surface area contributed by atoms with Gasteiger partial charge in [0.1, 0.15) is 22.7 Å². The van der Waals surface area contributed by atoms with Gasteiger partial charge >= 0.3 is 0 Å². The van der Waals surface area contributed by atoms with Crippen molar-refractivity contribution in [2.75, 3.05) is 43.1 Å². The summed E-state index contributed by atoms with van der Waals surface area (Å²) in [4.78, 5) is 25.8. The van der Waals surface area contributed by atoms with E-state index in [2.05, 4.69) is 20.9 Å². The zero-order valence-corrected chi connectivity index (χ0v) is 16.2. The van der Waals surface area contributed by atoms with Gasteiger partial charge in [0.15, 0.2) is 11.6 Å². The lowest BCUT2D eigenvalue weighted by molar-refractivity contribution is -0.384. The van der Waals surface area contributed by atoms with E-state index in [1.165, 1.54) is 18.1 Å². The number of aromatic nitrogens is 2. The van der Waals surface area contributed by atoms with Crippen LogP contribution in [0, 0.1) is 22.9 Å². The van der Waals surface area contributed by atoms with Crippen molar-refractivity contribution in [3.05, 3.63) is 45.3 Å². The van der Waals surface area contributed by atoms with Crippen molar-refractivity contribution in [3.8, 4) is 5.75 Å². The Morgan fingerprint density at radius 2 is 1.89 bits per heavy atom. The Morgan fingerprint density at radius 1 is 1.18 bits per heavy atom. The highest BCUT2D eigenvalue weighted by molar-refractivity contribution is 7.18. The van der Waals surface area contributed by atoms with Gasteiger partial charge in [-0.2, -0.15) is 0 Å². The molecule has 4 rings (SSSR count). The average molecular weight is 403 g/mol. The van der Waals surface area contributed by atoms with Crippen LogP contribution in [0.3, 0.4) is 0 Å². The predicted octanol–water partition coefficient (Wildman–Crippen LogP) is 3.38. The molecule has 0 N–H and O–H groups in total. The molecule has 1 aromatic carbocycles. The molecule has 28 heavy (non-hydrogen) atoms. The second kappa shape index (κ2) is 7.19. The molecule has 8 nitrogen and oxygen atoms in total. The summed E-state index contributed by atoms with van der Waals surface area (Å²) in [5.41, 5.74) is 0.103. The summed E-state index contributed by atoms with van der Waals surface area (Å²) in [6, 6.07) is 4.40. The van der Waals surface area contributed by atoms with Crippen molar-refractivity contribution in [2.24, 2.45) is 0 Å². The maximum absolute atomic E-state index is 13.9. The van der Waals surface area contributed by atoms with E-state index in [4.69, 9.17) is 4.74 Å². The first kappa shape index (κ1) is 18.4. The van der Waals surface area contributed by atoms with Crippen LogP contribution in [0.25, 0.3) is 10.2 Å². The SMILES string of the molecule is COc1cc(N2CCN(c3ncnc4sc(C)cc34)CC2)c([N+](=O)[O-])cc1F.